The lowest BCUT2D eigenvalue weighted by molar-refractivity contribution is -0.167. The molecule has 2 fully saturated rings. The fourth-order valence-electron chi connectivity index (χ4n) is 4.85. The third kappa shape index (κ3) is 5.99. The summed E-state index contributed by atoms with van der Waals surface area (Å²) in [6.07, 6.45) is 12.9. The molecule has 0 heterocycles. The van der Waals surface area contributed by atoms with Crippen molar-refractivity contribution in [1.82, 2.24) is 0 Å². The van der Waals surface area contributed by atoms with Crippen LogP contribution in [0, 0.1) is 23.7 Å². The van der Waals surface area contributed by atoms with E-state index in [4.69, 9.17) is 9.47 Å². The number of hydrogen-bond acceptors (Lipinski definition) is 4. The maximum atomic E-state index is 13.0. The Labute approximate surface area is 159 Å². The predicted molar refractivity (Wildman–Crippen MR) is 103 cm³/mol. The van der Waals surface area contributed by atoms with Crippen LogP contribution < -0.4 is 0 Å². The monoisotopic (exact) mass is 366 g/mol. The van der Waals surface area contributed by atoms with Crippen molar-refractivity contribution < 1.29 is 19.1 Å². The molecule has 2 aliphatic carbocycles. The van der Waals surface area contributed by atoms with Gasteiger partial charge in [0.25, 0.3) is 0 Å². The van der Waals surface area contributed by atoms with E-state index in [9.17, 15) is 9.59 Å². The molecular formula is C22H38O4. The largest absolute Gasteiger partial charge is 0.465 e. The minimum Gasteiger partial charge on any atom is -0.465 e. The molecule has 0 aromatic heterocycles. The highest BCUT2D eigenvalue weighted by Gasteiger charge is 2.45. The van der Waals surface area contributed by atoms with Gasteiger partial charge in [0.05, 0.1) is 25.0 Å². The lowest BCUT2D eigenvalue weighted by Gasteiger charge is -2.38. The van der Waals surface area contributed by atoms with Gasteiger partial charge in [0.2, 0.25) is 0 Å². The molecule has 2 aliphatic rings. The van der Waals surface area contributed by atoms with Gasteiger partial charge >= 0.3 is 11.9 Å². The SMILES string of the molecule is CCCOC(=O)C(C1CCCCC1)C(C(=O)OCCC)C1CCCCC1. The number of carbonyl (C=O) groups is 2. The Hall–Kier alpha value is -1.06. The first kappa shape index (κ1) is 21.2. The van der Waals surface area contributed by atoms with Gasteiger partial charge in [-0.2, -0.15) is 0 Å². The molecule has 0 saturated heterocycles. The number of esters is 2. The van der Waals surface area contributed by atoms with Gasteiger partial charge < -0.3 is 9.47 Å². The van der Waals surface area contributed by atoms with Crippen LogP contribution in [0.5, 0.6) is 0 Å². The van der Waals surface area contributed by atoms with Gasteiger partial charge in [-0.1, -0.05) is 52.4 Å². The molecule has 0 aliphatic heterocycles. The highest BCUT2D eigenvalue weighted by Crippen LogP contribution is 2.42. The van der Waals surface area contributed by atoms with Crippen LogP contribution in [0.2, 0.25) is 0 Å². The smallest absolute Gasteiger partial charge is 0.310 e. The molecule has 150 valence electrons. The molecule has 2 rings (SSSR count). The van der Waals surface area contributed by atoms with E-state index in [1.165, 1.54) is 12.8 Å². The van der Waals surface area contributed by atoms with E-state index in [2.05, 4.69) is 0 Å². The molecule has 0 aromatic carbocycles. The lowest BCUT2D eigenvalue weighted by atomic mass is 9.67. The molecule has 4 heteroatoms. The average Bonchev–Trinajstić information content (AvgIpc) is 2.69. The molecule has 0 aromatic rings. The Morgan fingerprint density at radius 2 is 1.04 bits per heavy atom. The number of ether oxygens (including phenoxy) is 2. The fourth-order valence-corrected chi connectivity index (χ4v) is 4.85. The fraction of sp³-hybridized carbons (Fsp3) is 0.909. The average molecular weight is 367 g/mol. The summed E-state index contributed by atoms with van der Waals surface area (Å²) in [4.78, 5) is 26.1. The number of hydrogen-bond donors (Lipinski definition) is 0. The molecule has 2 saturated carbocycles. The third-order valence-electron chi connectivity index (χ3n) is 6.14. The Kier molecular flexibility index (Phi) is 9.49. The van der Waals surface area contributed by atoms with E-state index in [1.54, 1.807) is 0 Å². The Bertz CT molecular complexity index is 382. The molecule has 0 bridgehead atoms. The van der Waals surface area contributed by atoms with E-state index in [-0.39, 0.29) is 35.6 Å². The van der Waals surface area contributed by atoms with Crippen molar-refractivity contribution in [1.29, 1.82) is 0 Å². The Morgan fingerprint density at radius 1 is 0.692 bits per heavy atom. The highest BCUT2D eigenvalue weighted by molar-refractivity contribution is 5.82. The minimum atomic E-state index is -0.311. The van der Waals surface area contributed by atoms with Crippen LogP contribution in [-0.2, 0) is 19.1 Å². The van der Waals surface area contributed by atoms with Gasteiger partial charge in [0.15, 0.2) is 0 Å². The molecular weight excluding hydrogens is 328 g/mol. The molecule has 4 nitrogen and oxygen atoms in total. The third-order valence-corrected chi connectivity index (χ3v) is 6.14. The first-order chi connectivity index (χ1) is 12.7. The van der Waals surface area contributed by atoms with Gasteiger partial charge in [0, 0.05) is 0 Å². The van der Waals surface area contributed by atoms with E-state index < -0.39 is 0 Å². The maximum absolute atomic E-state index is 13.0. The standard InChI is InChI=1S/C22H38O4/c1-3-15-25-21(23)19(17-11-7-5-8-12-17)20(22(24)26-16-4-2)18-13-9-6-10-14-18/h17-20H,3-16H2,1-2H3. The second-order valence-corrected chi connectivity index (χ2v) is 8.18. The Morgan fingerprint density at radius 3 is 1.35 bits per heavy atom. The zero-order valence-electron chi connectivity index (χ0n) is 16.8. The van der Waals surface area contributed by atoms with E-state index in [0.29, 0.717) is 13.2 Å². The molecule has 0 spiro atoms. The van der Waals surface area contributed by atoms with E-state index in [1.807, 2.05) is 13.8 Å². The summed E-state index contributed by atoms with van der Waals surface area (Å²) in [5, 5.41) is 0. The van der Waals surface area contributed by atoms with Gasteiger partial charge in [-0.15, -0.1) is 0 Å². The maximum Gasteiger partial charge on any atom is 0.310 e. The van der Waals surface area contributed by atoms with Crippen LogP contribution in [0.25, 0.3) is 0 Å². The predicted octanol–water partition coefficient (Wildman–Crippen LogP) is 5.29. The summed E-state index contributed by atoms with van der Waals surface area (Å²) >= 11 is 0. The molecule has 26 heavy (non-hydrogen) atoms. The number of rotatable bonds is 9. The van der Waals surface area contributed by atoms with E-state index >= 15 is 0 Å². The molecule has 0 N–H and O–H groups in total. The van der Waals surface area contributed by atoms with E-state index in [0.717, 1.165) is 64.2 Å². The van der Waals surface area contributed by atoms with Crippen LogP contribution in [-0.4, -0.2) is 25.2 Å². The van der Waals surface area contributed by atoms with Crippen molar-refractivity contribution in [2.75, 3.05) is 13.2 Å². The summed E-state index contributed by atoms with van der Waals surface area (Å²) < 4.78 is 11.2. The molecule has 2 unspecified atom stereocenters. The second kappa shape index (κ2) is 11.6. The number of carbonyl (C=O) groups excluding carboxylic acids is 2. The van der Waals surface area contributed by atoms with Gasteiger partial charge in [0.1, 0.15) is 0 Å². The summed E-state index contributed by atoms with van der Waals surface area (Å²) in [7, 11) is 0. The molecule has 0 amide bonds. The summed E-state index contributed by atoms with van der Waals surface area (Å²) in [5.41, 5.74) is 0. The lowest BCUT2D eigenvalue weighted by Crippen LogP contribution is -2.43. The Balaban J connectivity index is 2.24. The van der Waals surface area contributed by atoms with Crippen molar-refractivity contribution in [3.63, 3.8) is 0 Å². The van der Waals surface area contributed by atoms with Crippen molar-refractivity contribution in [2.24, 2.45) is 23.7 Å². The van der Waals surface area contributed by atoms with Crippen LogP contribution >= 0.6 is 0 Å². The normalized spacial score (nSPS) is 21.8. The van der Waals surface area contributed by atoms with Crippen molar-refractivity contribution in [3.05, 3.63) is 0 Å². The zero-order valence-corrected chi connectivity index (χ0v) is 16.8. The van der Waals surface area contributed by atoms with Crippen molar-refractivity contribution >= 4 is 11.9 Å². The van der Waals surface area contributed by atoms with Crippen molar-refractivity contribution in [2.45, 2.75) is 90.9 Å². The minimum absolute atomic E-state index is 0.150. The second-order valence-electron chi connectivity index (χ2n) is 8.18. The first-order valence-corrected chi connectivity index (χ1v) is 11.0. The van der Waals surface area contributed by atoms with Crippen LogP contribution in [0.3, 0.4) is 0 Å². The van der Waals surface area contributed by atoms with Crippen molar-refractivity contribution in [3.8, 4) is 0 Å². The zero-order chi connectivity index (χ0) is 18.8. The first-order valence-electron chi connectivity index (χ1n) is 11.0. The molecule has 2 atom stereocenters. The van der Waals surface area contributed by atoms with Crippen LogP contribution in [0.1, 0.15) is 90.9 Å². The topological polar surface area (TPSA) is 52.6 Å². The molecule has 0 radical (unpaired) electrons. The summed E-state index contributed by atoms with van der Waals surface area (Å²) in [6, 6.07) is 0. The summed E-state index contributed by atoms with van der Waals surface area (Å²) in [6.45, 7) is 4.92. The van der Waals surface area contributed by atoms with Crippen LogP contribution in [0.15, 0.2) is 0 Å². The highest BCUT2D eigenvalue weighted by atomic mass is 16.5. The summed E-state index contributed by atoms with van der Waals surface area (Å²) in [5.74, 6) is -0.377. The van der Waals surface area contributed by atoms with Gasteiger partial charge in [-0.25, -0.2) is 0 Å². The quantitative estimate of drug-likeness (QED) is 0.521. The van der Waals surface area contributed by atoms with Gasteiger partial charge in [-0.3, -0.25) is 9.59 Å². The van der Waals surface area contributed by atoms with Gasteiger partial charge in [-0.05, 0) is 50.4 Å². The van der Waals surface area contributed by atoms with Crippen LogP contribution in [0.4, 0.5) is 0 Å².